The highest BCUT2D eigenvalue weighted by atomic mass is 19.1. The molecule has 154 valence electrons. The van der Waals surface area contributed by atoms with E-state index in [0.29, 0.717) is 18.1 Å². The molecule has 29 heavy (non-hydrogen) atoms. The van der Waals surface area contributed by atoms with Crippen molar-refractivity contribution < 1.29 is 28.4 Å². The minimum Gasteiger partial charge on any atom is -0.493 e. The van der Waals surface area contributed by atoms with Crippen LogP contribution in [0.25, 0.3) is 0 Å². The van der Waals surface area contributed by atoms with E-state index >= 15 is 0 Å². The van der Waals surface area contributed by atoms with Crippen molar-refractivity contribution in [3.63, 3.8) is 0 Å². The van der Waals surface area contributed by atoms with Gasteiger partial charge in [0.15, 0.2) is 11.5 Å². The van der Waals surface area contributed by atoms with Crippen LogP contribution in [0.3, 0.4) is 0 Å². The molecule has 0 saturated heterocycles. The van der Waals surface area contributed by atoms with Crippen molar-refractivity contribution in [3.05, 3.63) is 63.5 Å². The molecule has 0 saturated carbocycles. The van der Waals surface area contributed by atoms with Gasteiger partial charge < -0.3 is 9.47 Å². The van der Waals surface area contributed by atoms with Crippen LogP contribution in [0, 0.1) is 15.9 Å². The number of carbonyl (C=O) groups is 2. The third kappa shape index (κ3) is 5.64. The van der Waals surface area contributed by atoms with Gasteiger partial charge >= 0.3 is 5.69 Å². The van der Waals surface area contributed by atoms with Crippen LogP contribution in [0.1, 0.15) is 40.5 Å². The summed E-state index contributed by atoms with van der Waals surface area (Å²) >= 11 is 0. The Hall–Kier alpha value is -3.69. The smallest absolute Gasteiger partial charge is 0.305 e. The van der Waals surface area contributed by atoms with Gasteiger partial charge in [0.2, 0.25) is 5.82 Å². The summed E-state index contributed by atoms with van der Waals surface area (Å²) in [6, 6.07) is 7.17. The second-order valence-corrected chi connectivity index (χ2v) is 5.90. The Kier molecular flexibility index (Phi) is 7.47. The Bertz CT molecular complexity index is 919. The zero-order valence-corrected chi connectivity index (χ0v) is 15.9. The summed E-state index contributed by atoms with van der Waals surface area (Å²) in [4.78, 5) is 34.2. The van der Waals surface area contributed by atoms with E-state index in [9.17, 15) is 24.1 Å². The number of benzene rings is 2. The molecule has 0 spiro atoms. The predicted molar refractivity (Wildman–Crippen MR) is 101 cm³/mol. The first-order chi connectivity index (χ1) is 13.9. The number of carbonyl (C=O) groups excluding carboxylic acids is 2. The van der Waals surface area contributed by atoms with E-state index in [2.05, 4.69) is 10.9 Å². The molecular formula is C19H20FN3O6. The summed E-state index contributed by atoms with van der Waals surface area (Å²) in [7, 11) is 1.44. The molecule has 0 atom stereocenters. The zero-order chi connectivity index (χ0) is 21.4. The monoisotopic (exact) mass is 405 g/mol. The number of nitrogens with zero attached hydrogens (tertiary/aromatic N) is 1. The van der Waals surface area contributed by atoms with Crippen molar-refractivity contribution in [3.8, 4) is 11.5 Å². The van der Waals surface area contributed by atoms with Crippen LogP contribution >= 0.6 is 0 Å². The maximum Gasteiger partial charge on any atom is 0.305 e. The van der Waals surface area contributed by atoms with E-state index < -0.39 is 28.2 Å². The maximum absolute atomic E-state index is 13.4. The van der Waals surface area contributed by atoms with E-state index in [1.807, 2.05) is 6.92 Å². The van der Waals surface area contributed by atoms with Crippen LogP contribution in [-0.4, -0.2) is 30.5 Å². The second kappa shape index (κ2) is 10.0. The van der Waals surface area contributed by atoms with Gasteiger partial charge in [-0.15, -0.1) is 0 Å². The summed E-state index contributed by atoms with van der Waals surface area (Å²) < 4.78 is 24.2. The van der Waals surface area contributed by atoms with Crippen LogP contribution in [-0.2, 0) is 0 Å². The van der Waals surface area contributed by atoms with Crippen LogP contribution in [0.4, 0.5) is 10.1 Å². The quantitative estimate of drug-likeness (QED) is 0.396. The molecule has 0 heterocycles. The van der Waals surface area contributed by atoms with Gasteiger partial charge in [0.25, 0.3) is 11.8 Å². The number of hydrazine groups is 1. The zero-order valence-electron chi connectivity index (χ0n) is 15.9. The topological polar surface area (TPSA) is 120 Å². The predicted octanol–water partition coefficient (Wildman–Crippen LogP) is 3.00. The fraction of sp³-hybridized carbons (Fsp3) is 0.263. The summed E-state index contributed by atoms with van der Waals surface area (Å²) in [6.07, 6.45) is 1.85. The van der Waals surface area contributed by atoms with Crippen LogP contribution < -0.4 is 20.3 Å². The van der Waals surface area contributed by atoms with Crippen molar-refractivity contribution >= 4 is 17.5 Å². The Morgan fingerprint density at radius 2 is 1.69 bits per heavy atom. The summed E-state index contributed by atoms with van der Waals surface area (Å²) in [5.74, 6) is -1.71. The van der Waals surface area contributed by atoms with Gasteiger partial charge in [0, 0.05) is 17.2 Å². The van der Waals surface area contributed by atoms with Gasteiger partial charge in [0.1, 0.15) is 0 Å². The van der Waals surface area contributed by atoms with Crippen LogP contribution in [0.2, 0.25) is 0 Å². The minimum absolute atomic E-state index is 0.185. The lowest BCUT2D eigenvalue weighted by atomic mass is 10.2. The molecule has 0 radical (unpaired) electrons. The molecule has 0 fully saturated rings. The third-order valence-corrected chi connectivity index (χ3v) is 3.88. The summed E-state index contributed by atoms with van der Waals surface area (Å²) in [5, 5.41) is 10.8. The number of unbranched alkanes of at least 4 members (excludes halogenated alkanes) is 1. The number of methoxy groups -OCH3 is 1. The highest BCUT2D eigenvalue weighted by Crippen LogP contribution is 2.28. The molecule has 0 unspecified atom stereocenters. The van der Waals surface area contributed by atoms with Crippen molar-refractivity contribution in [2.75, 3.05) is 13.7 Å². The average molecular weight is 405 g/mol. The normalized spacial score (nSPS) is 10.2. The minimum atomic E-state index is -1.07. The lowest BCUT2D eigenvalue weighted by Gasteiger charge is -2.12. The summed E-state index contributed by atoms with van der Waals surface area (Å²) in [5.41, 5.74) is 3.47. The molecule has 0 aliphatic rings. The van der Waals surface area contributed by atoms with E-state index in [-0.39, 0.29) is 11.1 Å². The fourth-order valence-corrected chi connectivity index (χ4v) is 2.31. The first-order valence-corrected chi connectivity index (χ1v) is 8.72. The number of hydrogen-bond donors (Lipinski definition) is 2. The molecule has 10 heteroatoms. The molecule has 9 nitrogen and oxygen atoms in total. The Balaban J connectivity index is 2.04. The van der Waals surface area contributed by atoms with Crippen molar-refractivity contribution in [1.29, 1.82) is 0 Å². The van der Waals surface area contributed by atoms with Crippen molar-refractivity contribution in [2.45, 2.75) is 19.8 Å². The number of halogens is 1. The average Bonchev–Trinajstić information content (AvgIpc) is 2.72. The standard InChI is InChI=1S/C19H20FN3O6/c1-3-4-9-29-16-8-6-13(11-17(16)28-2)19(25)22-21-18(24)12-5-7-14(20)15(10-12)23(26)27/h5-8,10-11H,3-4,9H2,1-2H3,(H,21,24)(H,22,25). The van der Waals surface area contributed by atoms with Gasteiger partial charge in [-0.2, -0.15) is 4.39 Å². The van der Waals surface area contributed by atoms with Gasteiger partial charge in [-0.05, 0) is 36.8 Å². The number of nitro groups is 1. The number of nitro benzene ring substituents is 1. The van der Waals surface area contributed by atoms with Gasteiger partial charge in [-0.1, -0.05) is 13.3 Å². The Morgan fingerprint density at radius 1 is 1.07 bits per heavy atom. The molecule has 2 aromatic carbocycles. The Labute approximate surface area is 165 Å². The number of amides is 2. The van der Waals surface area contributed by atoms with E-state index in [4.69, 9.17) is 9.47 Å². The van der Waals surface area contributed by atoms with Gasteiger partial charge in [-0.3, -0.25) is 30.6 Å². The largest absolute Gasteiger partial charge is 0.493 e. The SMILES string of the molecule is CCCCOc1ccc(C(=O)NNC(=O)c2ccc(F)c([N+](=O)[O-])c2)cc1OC. The van der Waals surface area contributed by atoms with Gasteiger partial charge in [-0.25, -0.2) is 0 Å². The maximum atomic E-state index is 13.4. The number of nitrogens with one attached hydrogen (secondary N) is 2. The lowest BCUT2D eigenvalue weighted by Crippen LogP contribution is -2.41. The number of rotatable bonds is 8. The van der Waals surface area contributed by atoms with Crippen LogP contribution in [0.5, 0.6) is 11.5 Å². The molecule has 0 aliphatic heterocycles. The third-order valence-electron chi connectivity index (χ3n) is 3.88. The number of hydrogen-bond acceptors (Lipinski definition) is 6. The van der Waals surface area contributed by atoms with Gasteiger partial charge in [0.05, 0.1) is 18.6 Å². The highest BCUT2D eigenvalue weighted by Gasteiger charge is 2.18. The molecule has 0 bridgehead atoms. The van der Waals surface area contributed by atoms with E-state index in [1.54, 1.807) is 6.07 Å². The van der Waals surface area contributed by atoms with E-state index in [1.165, 1.54) is 19.2 Å². The first kappa shape index (κ1) is 21.6. The Morgan fingerprint density at radius 3 is 2.28 bits per heavy atom. The molecule has 0 aromatic heterocycles. The second-order valence-electron chi connectivity index (χ2n) is 5.90. The summed E-state index contributed by atoms with van der Waals surface area (Å²) in [6.45, 7) is 2.55. The van der Waals surface area contributed by atoms with Crippen LogP contribution in [0.15, 0.2) is 36.4 Å². The molecule has 2 amide bonds. The molecule has 2 rings (SSSR count). The molecule has 0 aliphatic carbocycles. The fourth-order valence-electron chi connectivity index (χ4n) is 2.31. The lowest BCUT2D eigenvalue weighted by molar-refractivity contribution is -0.387. The highest BCUT2D eigenvalue weighted by molar-refractivity contribution is 5.99. The van der Waals surface area contributed by atoms with Crippen molar-refractivity contribution in [2.24, 2.45) is 0 Å². The first-order valence-electron chi connectivity index (χ1n) is 8.72. The molecule has 2 N–H and O–H groups in total. The molecule has 2 aromatic rings. The number of ether oxygens (including phenoxy) is 2. The van der Waals surface area contributed by atoms with Crippen molar-refractivity contribution in [1.82, 2.24) is 10.9 Å². The van der Waals surface area contributed by atoms with E-state index in [0.717, 1.165) is 31.0 Å². The molecular weight excluding hydrogens is 385 g/mol.